The largest absolute Gasteiger partial charge is 0.491 e. The molecule has 0 bridgehead atoms. The standard InChI is InChI=1S/C17H29NO/c1-6-8-9-15(7-2)18-17-11-10-16(12-14(17)5)19-13(3)4/h10-13,15,18H,6-9H2,1-5H3. The highest BCUT2D eigenvalue weighted by atomic mass is 16.5. The molecule has 1 rings (SSSR count). The molecular formula is C17H29NO. The Morgan fingerprint density at radius 2 is 1.95 bits per heavy atom. The summed E-state index contributed by atoms with van der Waals surface area (Å²) < 4.78 is 5.72. The van der Waals surface area contributed by atoms with Gasteiger partial charge in [-0.3, -0.25) is 0 Å². The van der Waals surface area contributed by atoms with Gasteiger partial charge in [-0.1, -0.05) is 26.7 Å². The fourth-order valence-electron chi connectivity index (χ4n) is 2.19. The van der Waals surface area contributed by atoms with Gasteiger partial charge in [-0.25, -0.2) is 0 Å². The molecule has 1 atom stereocenters. The number of nitrogens with one attached hydrogen (secondary N) is 1. The van der Waals surface area contributed by atoms with Gasteiger partial charge in [-0.05, 0) is 57.4 Å². The van der Waals surface area contributed by atoms with Crippen molar-refractivity contribution in [1.82, 2.24) is 0 Å². The molecule has 2 heteroatoms. The average molecular weight is 263 g/mol. The van der Waals surface area contributed by atoms with Crippen LogP contribution in [0.25, 0.3) is 0 Å². The zero-order chi connectivity index (χ0) is 14.3. The third-order valence-corrected chi connectivity index (χ3v) is 3.33. The van der Waals surface area contributed by atoms with Crippen LogP contribution in [0, 0.1) is 6.92 Å². The zero-order valence-electron chi connectivity index (χ0n) is 13.1. The molecule has 0 aliphatic heterocycles. The lowest BCUT2D eigenvalue weighted by molar-refractivity contribution is 0.242. The first-order chi connectivity index (χ1) is 9.06. The van der Waals surface area contributed by atoms with Crippen LogP contribution in [0.15, 0.2) is 18.2 Å². The Labute approximate surface area is 118 Å². The van der Waals surface area contributed by atoms with Crippen LogP contribution in [0.3, 0.4) is 0 Å². The molecule has 0 aliphatic carbocycles. The van der Waals surface area contributed by atoms with E-state index in [1.165, 1.54) is 36.9 Å². The van der Waals surface area contributed by atoms with Crippen molar-refractivity contribution in [1.29, 1.82) is 0 Å². The second-order valence-corrected chi connectivity index (χ2v) is 5.54. The van der Waals surface area contributed by atoms with Crippen molar-refractivity contribution in [2.24, 2.45) is 0 Å². The summed E-state index contributed by atoms with van der Waals surface area (Å²) >= 11 is 0. The zero-order valence-corrected chi connectivity index (χ0v) is 13.1. The molecule has 0 radical (unpaired) electrons. The van der Waals surface area contributed by atoms with Crippen molar-refractivity contribution < 1.29 is 4.74 Å². The maximum atomic E-state index is 5.72. The summed E-state index contributed by atoms with van der Waals surface area (Å²) in [4.78, 5) is 0. The van der Waals surface area contributed by atoms with Gasteiger partial charge in [-0.15, -0.1) is 0 Å². The van der Waals surface area contributed by atoms with Crippen LogP contribution in [0.2, 0.25) is 0 Å². The van der Waals surface area contributed by atoms with E-state index in [4.69, 9.17) is 4.74 Å². The molecule has 0 heterocycles. The Kier molecular flexibility index (Phi) is 6.75. The van der Waals surface area contributed by atoms with E-state index in [1.54, 1.807) is 0 Å². The van der Waals surface area contributed by atoms with E-state index in [0.29, 0.717) is 6.04 Å². The second-order valence-electron chi connectivity index (χ2n) is 5.54. The van der Waals surface area contributed by atoms with Crippen LogP contribution >= 0.6 is 0 Å². The SMILES string of the molecule is CCCCC(CC)Nc1ccc(OC(C)C)cc1C. The molecule has 0 spiro atoms. The Morgan fingerprint density at radius 3 is 2.47 bits per heavy atom. The number of ether oxygens (including phenoxy) is 1. The molecule has 0 aromatic heterocycles. The number of hydrogen-bond donors (Lipinski definition) is 1. The molecule has 0 aliphatic rings. The average Bonchev–Trinajstić information content (AvgIpc) is 2.36. The first-order valence-electron chi connectivity index (χ1n) is 7.60. The molecule has 0 saturated heterocycles. The molecule has 2 nitrogen and oxygen atoms in total. The van der Waals surface area contributed by atoms with Gasteiger partial charge in [0.25, 0.3) is 0 Å². The highest BCUT2D eigenvalue weighted by Crippen LogP contribution is 2.24. The predicted molar refractivity (Wildman–Crippen MR) is 84.2 cm³/mol. The molecule has 0 fully saturated rings. The van der Waals surface area contributed by atoms with E-state index < -0.39 is 0 Å². The van der Waals surface area contributed by atoms with Gasteiger partial charge < -0.3 is 10.1 Å². The number of rotatable bonds is 8. The summed E-state index contributed by atoms with van der Waals surface area (Å²) in [6.07, 6.45) is 5.20. The summed E-state index contributed by atoms with van der Waals surface area (Å²) in [6, 6.07) is 6.90. The highest BCUT2D eigenvalue weighted by Gasteiger charge is 2.08. The number of aryl methyl sites for hydroxylation is 1. The van der Waals surface area contributed by atoms with Crippen LogP contribution in [0.5, 0.6) is 5.75 Å². The number of anilines is 1. The number of unbranched alkanes of at least 4 members (excludes halogenated alkanes) is 1. The maximum absolute atomic E-state index is 5.72. The van der Waals surface area contributed by atoms with Crippen molar-refractivity contribution in [3.8, 4) is 5.75 Å². The van der Waals surface area contributed by atoms with Crippen molar-refractivity contribution in [3.63, 3.8) is 0 Å². The maximum Gasteiger partial charge on any atom is 0.120 e. The topological polar surface area (TPSA) is 21.3 Å². The first-order valence-corrected chi connectivity index (χ1v) is 7.60. The van der Waals surface area contributed by atoms with Crippen molar-refractivity contribution in [2.45, 2.75) is 72.4 Å². The van der Waals surface area contributed by atoms with Crippen molar-refractivity contribution >= 4 is 5.69 Å². The van der Waals surface area contributed by atoms with Gasteiger partial charge in [-0.2, -0.15) is 0 Å². The van der Waals surface area contributed by atoms with E-state index in [0.717, 1.165) is 5.75 Å². The molecule has 1 aromatic carbocycles. The lowest BCUT2D eigenvalue weighted by Gasteiger charge is -2.20. The van der Waals surface area contributed by atoms with Crippen LogP contribution in [-0.2, 0) is 0 Å². The molecule has 0 amide bonds. The van der Waals surface area contributed by atoms with Gasteiger partial charge >= 0.3 is 0 Å². The molecule has 1 aromatic rings. The van der Waals surface area contributed by atoms with E-state index in [1.807, 2.05) is 0 Å². The second kappa shape index (κ2) is 8.08. The Balaban J connectivity index is 2.67. The fraction of sp³-hybridized carbons (Fsp3) is 0.647. The smallest absolute Gasteiger partial charge is 0.120 e. The van der Waals surface area contributed by atoms with E-state index in [2.05, 4.69) is 58.1 Å². The van der Waals surface area contributed by atoms with Gasteiger partial charge in [0, 0.05) is 11.7 Å². The van der Waals surface area contributed by atoms with Gasteiger partial charge in [0.1, 0.15) is 5.75 Å². The van der Waals surface area contributed by atoms with Crippen LogP contribution in [0.1, 0.15) is 58.9 Å². The van der Waals surface area contributed by atoms with E-state index in [9.17, 15) is 0 Å². The Morgan fingerprint density at radius 1 is 1.21 bits per heavy atom. The van der Waals surface area contributed by atoms with Gasteiger partial charge in [0.2, 0.25) is 0 Å². The Bertz CT molecular complexity index is 374. The van der Waals surface area contributed by atoms with E-state index >= 15 is 0 Å². The van der Waals surface area contributed by atoms with Crippen molar-refractivity contribution in [3.05, 3.63) is 23.8 Å². The molecule has 108 valence electrons. The number of benzene rings is 1. The minimum atomic E-state index is 0.228. The van der Waals surface area contributed by atoms with Crippen molar-refractivity contribution in [2.75, 3.05) is 5.32 Å². The van der Waals surface area contributed by atoms with Crippen LogP contribution in [0.4, 0.5) is 5.69 Å². The minimum absolute atomic E-state index is 0.228. The summed E-state index contributed by atoms with van der Waals surface area (Å²) in [5.41, 5.74) is 2.49. The van der Waals surface area contributed by atoms with Crippen LogP contribution in [-0.4, -0.2) is 12.1 Å². The van der Waals surface area contributed by atoms with Gasteiger partial charge in [0.05, 0.1) is 6.10 Å². The molecular weight excluding hydrogens is 234 g/mol. The Hall–Kier alpha value is -1.18. The fourth-order valence-corrected chi connectivity index (χ4v) is 2.19. The number of hydrogen-bond acceptors (Lipinski definition) is 2. The lowest BCUT2D eigenvalue weighted by Crippen LogP contribution is -2.18. The van der Waals surface area contributed by atoms with Crippen LogP contribution < -0.4 is 10.1 Å². The summed E-state index contributed by atoms with van der Waals surface area (Å²) in [6.45, 7) is 10.7. The molecule has 1 N–H and O–H groups in total. The third-order valence-electron chi connectivity index (χ3n) is 3.33. The summed E-state index contributed by atoms with van der Waals surface area (Å²) in [7, 11) is 0. The lowest BCUT2D eigenvalue weighted by atomic mass is 10.1. The minimum Gasteiger partial charge on any atom is -0.491 e. The predicted octanol–water partition coefficient (Wildman–Crippen LogP) is 5.16. The monoisotopic (exact) mass is 263 g/mol. The third kappa shape index (κ3) is 5.54. The van der Waals surface area contributed by atoms with E-state index in [-0.39, 0.29) is 6.10 Å². The highest BCUT2D eigenvalue weighted by molar-refractivity contribution is 5.54. The summed E-state index contributed by atoms with van der Waals surface area (Å²) in [5, 5.41) is 3.66. The first kappa shape index (κ1) is 15.9. The van der Waals surface area contributed by atoms with Gasteiger partial charge in [0.15, 0.2) is 0 Å². The molecule has 0 saturated carbocycles. The normalized spacial score (nSPS) is 12.5. The molecule has 1 unspecified atom stereocenters. The quantitative estimate of drug-likeness (QED) is 0.699. The molecule has 19 heavy (non-hydrogen) atoms. The summed E-state index contributed by atoms with van der Waals surface area (Å²) in [5.74, 6) is 0.958.